The first-order chi connectivity index (χ1) is 10.4. The van der Waals surface area contributed by atoms with E-state index in [2.05, 4.69) is 59.9 Å². The van der Waals surface area contributed by atoms with Crippen molar-refractivity contribution in [3.8, 4) is 0 Å². The summed E-state index contributed by atoms with van der Waals surface area (Å²) in [6.07, 6.45) is 3.21. The Kier molecular flexibility index (Phi) is 6.99. The summed E-state index contributed by atoms with van der Waals surface area (Å²) in [7, 11) is 1.99. The molecule has 0 unspecified atom stereocenters. The minimum Gasteiger partial charge on any atom is -0.377 e. The molecule has 0 aromatic heterocycles. The molecule has 0 atom stereocenters. The molecule has 0 aliphatic heterocycles. The smallest absolute Gasteiger partial charge is 0.0719 e. The van der Waals surface area contributed by atoms with Crippen molar-refractivity contribution in [3.05, 3.63) is 71.3 Å². The van der Waals surface area contributed by atoms with E-state index >= 15 is 0 Å². The molecule has 21 heavy (non-hydrogen) atoms. The Balaban J connectivity index is 1.71. The molecule has 2 nitrogen and oxygen atoms in total. The highest BCUT2D eigenvalue weighted by Gasteiger charge is 2.01. The van der Waals surface area contributed by atoms with Crippen LogP contribution in [0.1, 0.15) is 23.1 Å². The molecule has 2 heteroatoms. The largest absolute Gasteiger partial charge is 0.377 e. The van der Waals surface area contributed by atoms with Crippen molar-refractivity contribution in [1.29, 1.82) is 0 Å². The first-order valence-corrected chi connectivity index (χ1v) is 7.73. The maximum Gasteiger partial charge on any atom is 0.0719 e. The molecule has 2 aromatic carbocycles. The molecule has 1 N–H and O–H groups in total. The minimum atomic E-state index is 0.717. The number of nitrogens with one attached hydrogen (secondary N) is 1. The van der Waals surface area contributed by atoms with Gasteiger partial charge in [0.05, 0.1) is 6.61 Å². The highest BCUT2D eigenvalue weighted by molar-refractivity contribution is 5.26. The second-order valence-electron chi connectivity index (χ2n) is 5.26. The molecule has 2 rings (SSSR count). The summed E-state index contributed by atoms with van der Waals surface area (Å²) < 4.78 is 5.84. The summed E-state index contributed by atoms with van der Waals surface area (Å²) in [5.74, 6) is 0. The summed E-state index contributed by atoms with van der Waals surface area (Å²) in [6, 6.07) is 19.1. The van der Waals surface area contributed by atoms with E-state index in [1.54, 1.807) is 0 Å². The quantitative estimate of drug-likeness (QED) is 0.710. The van der Waals surface area contributed by atoms with E-state index in [1.807, 2.05) is 7.05 Å². The number of rotatable bonds is 9. The standard InChI is InChI=1S/C19H25NO/c1-20-14-13-18-11-5-6-12-19(18)16-21-15-7-10-17-8-3-2-4-9-17/h2-6,8-9,11-12,20H,7,10,13-16H2,1H3. The van der Waals surface area contributed by atoms with E-state index in [4.69, 9.17) is 4.74 Å². The first kappa shape index (κ1) is 15.7. The summed E-state index contributed by atoms with van der Waals surface area (Å²) in [5, 5.41) is 3.20. The molecule has 112 valence electrons. The third-order valence-electron chi connectivity index (χ3n) is 3.62. The van der Waals surface area contributed by atoms with Gasteiger partial charge in [0.1, 0.15) is 0 Å². The Hall–Kier alpha value is -1.64. The average Bonchev–Trinajstić information content (AvgIpc) is 2.54. The zero-order valence-corrected chi connectivity index (χ0v) is 12.8. The summed E-state index contributed by atoms with van der Waals surface area (Å²) in [6.45, 7) is 2.54. The SMILES string of the molecule is CNCCc1ccccc1COCCCc1ccccc1. The fourth-order valence-electron chi connectivity index (χ4n) is 2.41. The van der Waals surface area contributed by atoms with Crippen LogP contribution in [0.4, 0.5) is 0 Å². The van der Waals surface area contributed by atoms with Crippen LogP contribution in [0.15, 0.2) is 54.6 Å². The van der Waals surface area contributed by atoms with Crippen molar-refractivity contribution in [2.45, 2.75) is 25.9 Å². The maximum absolute atomic E-state index is 5.84. The van der Waals surface area contributed by atoms with Crippen LogP contribution in [-0.2, 0) is 24.2 Å². The van der Waals surface area contributed by atoms with Gasteiger partial charge in [-0.05, 0) is 49.5 Å². The van der Waals surface area contributed by atoms with E-state index < -0.39 is 0 Å². The third-order valence-corrected chi connectivity index (χ3v) is 3.62. The van der Waals surface area contributed by atoms with Crippen molar-refractivity contribution in [2.24, 2.45) is 0 Å². The molecule has 0 spiro atoms. The number of hydrogen-bond donors (Lipinski definition) is 1. The third kappa shape index (κ3) is 5.70. The molecule has 0 saturated carbocycles. The normalized spacial score (nSPS) is 10.7. The van der Waals surface area contributed by atoms with Gasteiger partial charge in [-0.1, -0.05) is 54.6 Å². The van der Waals surface area contributed by atoms with Crippen LogP contribution in [0.25, 0.3) is 0 Å². The summed E-state index contributed by atoms with van der Waals surface area (Å²) in [5.41, 5.74) is 4.08. The lowest BCUT2D eigenvalue weighted by molar-refractivity contribution is 0.118. The van der Waals surface area contributed by atoms with Crippen molar-refractivity contribution in [3.63, 3.8) is 0 Å². The molecular weight excluding hydrogens is 258 g/mol. The Morgan fingerprint density at radius 2 is 1.57 bits per heavy atom. The highest BCUT2D eigenvalue weighted by atomic mass is 16.5. The van der Waals surface area contributed by atoms with E-state index in [1.165, 1.54) is 16.7 Å². The van der Waals surface area contributed by atoms with Crippen LogP contribution in [0, 0.1) is 0 Å². The molecular formula is C19H25NO. The second kappa shape index (κ2) is 9.32. The van der Waals surface area contributed by atoms with Crippen molar-refractivity contribution < 1.29 is 4.74 Å². The predicted molar refractivity (Wildman–Crippen MR) is 88.5 cm³/mol. The fraction of sp³-hybridized carbons (Fsp3) is 0.368. The molecule has 0 bridgehead atoms. The maximum atomic E-state index is 5.84. The van der Waals surface area contributed by atoms with Gasteiger partial charge in [0.25, 0.3) is 0 Å². The second-order valence-corrected chi connectivity index (χ2v) is 5.26. The van der Waals surface area contributed by atoms with E-state index in [0.29, 0.717) is 6.61 Å². The minimum absolute atomic E-state index is 0.717. The van der Waals surface area contributed by atoms with Gasteiger partial charge < -0.3 is 10.1 Å². The first-order valence-electron chi connectivity index (χ1n) is 7.73. The van der Waals surface area contributed by atoms with Crippen LogP contribution < -0.4 is 5.32 Å². The van der Waals surface area contributed by atoms with Gasteiger partial charge >= 0.3 is 0 Å². The number of likely N-dealkylation sites (N-methyl/N-ethyl adjacent to an activating group) is 1. The molecule has 0 heterocycles. The van der Waals surface area contributed by atoms with Gasteiger partial charge in [-0.2, -0.15) is 0 Å². The van der Waals surface area contributed by atoms with Gasteiger partial charge in [-0.3, -0.25) is 0 Å². The highest BCUT2D eigenvalue weighted by Crippen LogP contribution is 2.11. The van der Waals surface area contributed by atoms with Crippen LogP contribution in [0.3, 0.4) is 0 Å². The molecule has 0 radical (unpaired) electrons. The lowest BCUT2D eigenvalue weighted by Gasteiger charge is -2.10. The van der Waals surface area contributed by atoms with Crippen LogP contribution in [0.2, 0.25) is 0 Å². The molecule has 0 saturated heterocycles. The topological polar surface area (TPSA) is 21.3 Å². The van der Waals surface area contributed by atoms with Gasteiger partial charge in [0.2, 0.25) is 0 Å². The van der Waals surface area contributed by atoms with Crippen LogP contribution in [-0.4, -0.2) is 20.2 Å². The molecule has 0 amide bonds. The monoisotopic (exact) mass is 283 g/mol. The van der Waals surface area contributed by atoms with Crippen molar-refractivity contribution >= 4 is 0 Å². The van der Waals surface area contributed by atoms with Crippen molar-refractivity contribution in [2.75, 3.05) is 20.2 Å². The zero-order valence-electron chi connectivity index (χ0n) is 12.8. The Labute approximate surface area is 128 Å². The van der Waals surface area contributed by atoms with Gasteiger partial charge in [0, 0.05) is 6.61 Å². The molecule has 0 fully saturated rings. The van der Waals surface area contributed by atoms with E-state index in [0.717, 1.165) is 32.4 Å². The Morgan fingerprint density at radius 1 is 0.857 bits per heavy atom. The van der Waals surface area contributed by atoms with Crippen molar-refractivity contribution in [1.82, 2.24) is 5.32 Å². The number of ether oxygens (including phenoxy) is 1. The van der Waals surface area contributed by atoms with E-state index in [9.17, 15) is 0 Å². The van der Waals surface area contributed by atoms with Gasteiger partial charge in [0.15, 0.2) is 0 Å². The van der Waals surface area contributed by atoms with Crippen LogP contribution in [0.5, 0.6) is 0 Å². The number of aryl methyl sites for hydroxylation is 1. The molecule has 0 aliphatic rings. The predicted octanol–water partition coefficient (Wildman–Crippen LogP) is 3.60. The number of hydrogen-bond acceptors (Lipinski definition) is 2. The average molecular weight is 283 g/mol. The lowest BCUT2D eigenvalue weighted by atomic mass is 10.1. The molecule has 2 aromatic rings. The number of benzene rings is 2. The lowest BCUT2D eigenvalue weighted by Crippen LogP contribution is -2.11. The zero-order chi connectivity index (χ0) is 14.8. The van der Waals surface area contributed by atoms with E-state index in [-0.39, 0.29) is 0 Å². The summed E-state index contributed by atoms with van der Waals surface area (Å²) in [4.78, 5) is 0. The summed E-state index contributed by atoms with van der Waals surface area (Å²) >= 11 is 0. The molecule has 0 aliphatic carbocycles. The van der Waals surface area contributed by atoms with Gasteiger partial charge in [-0.25, -0.2) is 0 Å². The Morgan fingerprint density at radius 3 is 2.33 bits per heavy atom. The Bertz CT molecular complexity index is 510. The van der Waals surface area contributed by atoms with Crippen LogP contribution >= 0.6 is 0 Å². The van der Waals surface area contributed by atoms with Gasteiger partial charge in [-0.15, -0.1) is 0 Å². The fourth-order valence-corrected chi connectivity index (χ4v) is 2.41.